The summed E-state index contributed by atoms with van der Waals surface area (Å²) < 4.78 is 13.7. The zero-order valence-corrected chi connectivity index (χ0v) is 9.62. The molecule has 1 aromatic carbocycles. The van der Waals surface area contributed by atoms with E-state index in [1.54, 1.807) is 19.1 Å². The van der Waals surface area contributed by atoms with Gasteiger partial charge < -0.3 is 5.11 Å². The van der Waals surface area contributed by atoms with Gasteiger partial charge >= 0.3 is 0 Å². The standard InChI is InChI=1S/C13H18FNO/c1-10(16)11-4-5-12(13(14)8-11)9-15-6-2-3-7-15/h4-5,8,10,16H,2-3,6-7,9H2,1H3. The van der Waals surface area contributed by atoms with E-state index in [2.05, 4.69) is 4.90 Å². The van der Waals surface area contributed by atoms with Crippen LogP contribution >= 0.6 is 0 Å². The third kappa shape index (κ3) is 2.60. The summed E-state index contributed by atoms with van der Waals surface area (Å²) in [5.74, 6) is -0.203. The smallest absolute Gasteiger partial charge is 0.128 e. The number of aliphatic hydroxyl groups is 1. The molecule has 3 heteroatoms. The van der Waals surface area contributed by atoms with Crippen LogP contribution in [0.25, 0.3) is 0 Å². The van der Waals surface area contributed by atoms with E-state index in [0.717, 1.165) is 18.7 Å². The van der Waals surface area contributed by atoms with Crippen LogP contribution in [0.5, 0.6) is 0 Å². The number of nitrogens with zero attached hydrogens (tertiary/aromatic N) is 1. The number of hydrogen-bond acceptors (Lipinski definition) is 2. The van der Waals surface area contributed by atoms with Crippen molar-refractivity contribution in [2.24, 2.45) is 0 Å². The van der Waals surface area contributed by atoms with E-state index in [0.29, 0.717) is 12.1 Å². The number of halogens is 1. The maximum absolute atomic E-state index is 13.7. The second kappa shape index (κ2) is 4.93. The molecule has 0 radical (unpaired) electrons. The fraction of sp³-hybridized carbons (Fsp3) is 0.538. The summed E-state index contributed by atoms with van der Waals surface area (Å²) in [6.07, 6.45) is 1.83. The van der Waals surface area contributed by atoms with Gasteiger partial charge in [0.05, 0.1) is 6.10 Å². The lowest BCUT2D eigenvalue weighted by Gasteiger charge is -2.15. The zero-order chi connectivity index (χ0) is 11.5. The average molecular weight is 223 g/mol. The second-order valence-corrected chi connectivity index (χ2v) is 4.51. The first-order valence-electron chi connectivity index (χ1n) is 5.85. The molecule has 1 saturated heterocycles. The summed E-state index contributed by atoms with van der Waals surface area (Å²) in [5.41, 5.74) is 1.37. The summed E-state index contributed by atoms with van der Waals surface area (Å²) in [4.78, 5) is 2.26. The summed E-state index contributed by atoms with van der Waals surface area (Å²) in [6.45, 7) is 4.47. The average Bonchev–Trinajstić information content (AvgIpc) is 2.73. The Morgan fingerprint density at radius 2 is 2.06 bits per heavy atom. The van der Waals surface area contributed by atoms with Gasteiger partial charge in [0.15, 0.2) is 0 Å². The number of benzene rings is 1. The molecule has 2 rings (SSSR count). The Hall–Kier alpha value is -0.930. The van der Waals surface area contributed by atoms with Crippen LogP contribution in [0.2, 0.25) is 0 Å². The maximum Gasteiger partial charge on any atom is 0.128 e. The minimum Gasteiger partial charge on any atom is -0.389 e. The Kier molecular flexibility index (Phi) is 3.56. The van der Waals surface area contributed by atoms with Crippen LogP contribution in [0.3, 0.4) is 0 Å². The van der Waals surface area contributed by atoms with Gasteiger partial charge in [0.25, 0.3) is 0 Å². The summed E-state index contributed by atoms with van der Waals surface area (Å²) in [6, 6.07) is 5.03. The topological polar surface area (TPSA) is 23.5 Å². The number of likely N-dealkylation sites (tertiary alicyclic amines) is 1. The minimum absolute atomic E-state index is 0.203. The Labute approximate surface area is 95.7 Å². The van der Waals surface area contributed by atoms with Crippen LogP contribution in [0.1, 0.15) is 37.0 Å². The van der Waals surface area contributed by atoms with Crippen molar-refractivity contribution in [1.29, 1.82) is 0 Å². The van der Waals surface area contributed by atoms with Crippen molar-refractivity contribution in [1.82, 2.24) is 4.90 Å². The van der Waals surface area contributed by atoms with E-state index in [1.165, 1.54) is 18.9 Å². The van der Waals surface area contributed by atoms with Crippen molar-refractivity contribution < 1.29 is 9.50 Å². The molecule has 0 bridgehead atoms. The van der Waals surface area contributed by atoms with E-state index >= 15 is 0 Å². The SMILES string of the molecule is CC(O)c1ccc(CN2CCCC2)c(F)c1. The quantitative estimate of drug-likeness (QED) is 0.851. The van der Waals surface area contributed by atoms with Crippen molar-refractivity contribution in [3.63, 3.8) is 0 Å². The molecule has 88 valence electrons. The van der Waals surface area contributed by atoms with Crippen LogP contribution in [-0.2, 0) is 6.54 Å². The lowest BCUT2D eigenvalue weighted by atomic mass is 10.1. The molecule has 1 N–H and O–H groups in total. The molecule has 0 aliphatic carbocycles. The molecule has 1 fully saturated rings. The van der Waals surface area contributed by atoms with Gasteiger partial charge in [-0.15, -0.1) is 0 Å². The van der Waals surface area contributed by atoms with Gasteiger partial charge in [-0.3, -0.25) is 4.90 Å². The van der Waals surface area contributed by atoms with Gasteiger partial charge in [-0.05, 0) is 44.5 Å². The van der Waals surface area contributed by atoms with Gasteiger partial charge in [-0.2, -0.15) is 0 Å². The van der Waals surface area contributed by atoms with Gasteiger partial charge in [-0.25, -0.2) is 4.39 Å². The highest BCUT2D eigenvalue weighted by Crippen LogP contribution is 2.19. The molecule has 1 atom stereocenters. The molecule has 1 unspecified atom stereocenters. The molecule has 1 aromatic rings. The van der Waals surface area contributed by atoms with Crippen molar-refractivity contribution in [2.45, 2.75) is 32.4 Å². The van der Waals surface area contributed by atoms with Crippen LogP contribution in [0, 0.1) is 5.82 Å². The number of rotatable bonds is 3. The molecule has 2 nitrogen and oxygen atoms in total. The van der Waals surface area contributed by atoms with Gasteiger partial charge in [0, 0.05) is 12.1 Å². The van der Waals surface area contributed by atoms with Crippen LogP contribution < -0.4 is 0 Å². The van der Waals surface area contributed by atoms with Crippen LogP contribution in [-0.4, -0.2) is 23.1 Å². The van der Waals surface area contributed by atoms with Crippen LogP contribution in [0.4, 0.5) is 4.39 Å². The van der Waals surface area contributed by atoms with E-state index in [1.807, 2.05) is 0 Å². The summed E-state index contributed by atoms with van der Waals surface area (Å²) in [5, 5.41) is 9.35. The minimum atomic E-state index is -0.602. The first kappa shape index (κ1) is 11.6. The molecule has 0 aromatic heterocycles. The van der Waals surface area contributed by atoms with Crippen molar-refractivity contribution >= 4 is 0 Å². The highest BCUT2D eigenvalue weighted by molar-refractivity contribution is 5.25. The Morgan fingerprint density at radius 3 is 2.62 bits per heavy atom. The van der Waals surface area contributed by atoms with Crippen LogP contribution in [0.15, 0.2) is 18.2 Å². The molecule has 0 amide bonds. The number of hydrogen-bond donors (Lipinski definition) is 1. The second-order valence-electron chi connectivity index (χ2n) is 4.51. The lowest BCUT2D eigenvalue weighted by molar-refractivity contribution is 0.198. The third-order valence-electron chi connectivity index (χ3n) is 3.15. The molecule has 1 aliphatic heterocycles. The number of aliphatic hydroxyl groups excluding tert-OH is 1. The summed E-state index contributed by atoms with van der Waals surface area (Å²) in [7, 11) is 0. The van der Waals surface area contributed by atoms with E-state index in [4.69, 9.17) is 0 Å². The fourth-order valence-corrected chi connectivity index (χ4v) is 2.13. The monoisotopic (exact) mass is 223 g/mol. The molecule has 1 aliphatic rings. The molecule has 1 heterocycles. The molecular formula is C13H18FNO. The molecule has 16 heavy (non-hydrogen) atoms. The Morgan fingerprint density at radius 1 is 1.38 bits per heavy atom. The van der Waals surface area contributed by atoms with E-state index < -0.39 is 6.10 Å². The Balaban J connectivity index is 2.09. The summed E-state index contributed by atoms with van der Waals surface area (Å²) >= 11 is 0. The third-order valence-corrected chi connectivity index (χ3v) is 3.15. The normalized spacial score (nSPS) is 18.9. The highest BCUT2D eigenvalue weighted by Gasteiger charge is 2.14. The molecule has 0 spiro atoms. The predicted octanol–water partition coefficient (Wildman–Crippen LogP) is 2.47. The van der Waals surface area contributed by atoms with E-state index in [9.17, 15) is 9.50 Å². The first-order valence-corrected chi connectivity index (χ1v) is 5.85. The fourth-order valence-electron chi connectivity index (χ4n) is 2.13. The lowest BCUT2D eigenvalue weighted by Crippen LogP contribution is -2.19. The predicted molar refractivity (Wildman–Crippen MR) is 61.5 cm³/mol. The zero-order valence-electron chi connectivity index (χ0n) is 9.62. The maximum atomic E-state index is 13.7. The Bertz CT molecular complexity index is 359. The largest absolute Gasteiger partial charge is 0.389 e. The highest BCUT2D eigenvalue weighted by atomic mass is 19.1. The van der Waals surface area contributed by atoms with Crippen molar-refractivity contribution in [3.8, 4) is 0 Å². The molecular weight excluding hydrogens is 205 g/mol. The van der Waals surface area contributed by atoms with Gasteiger partial charge in [0.2, 0.25) is 0 Å². The van der Waals surface area contributed by atoms with Crippen molar-refractivity contribution in [3.05, 3.63) is 35.1 Å². The molecule has 0 saturated carbocycles. The van der Waals surface area contributed by atoms with Crippen molar-refractivity contribution in [2.75, 3.05) is 13.1 Å². The van der Waals surface area contributed by atoms with E-state index in [-0.39, 0.29) is 5.82 Å². The first-order chi connectivity index (χ1) is 7.66. The van der Waals surface area contributed by atoms with Gasteiger partial charge in [-0.1, -0.05) is 12.1 Å². The van der Waals surface area contributed by atoms with Gasteiger partial charge in [0.1, 0.15) is 5.82 Å².